The highest BCUT2D eigenvalue weighted by Crippen LogP contribution is 2.26. The van der Waals surface area contributed by atoms with Crippen LogP contribution in [0.4, 0.5) is 11.4 Å². The molecule has 0 saturated heterocycles. The summed E-state index contributed by atoms with van der Waals surface area (Å²) < 4.78 is 0. The Morgan fingerprint density at radius 1 is 1.27 bits per heavy atom. The van der Waals surface area contributed by atoms with E-state index in [4.69, 9.17) is 0 Å². The molecule has 1 heterocycles. The number of nitro benzene ring substituents is 1. The van der Waals surface area contributed by atoms with Crippen LogP contribution in [0.2, 0.25) is 0 Å². The molecule has 132 valence electrons. The highest BCUT2D eigenvalue weighted by atomic mass is 32.2. The minimum absolute atomic E-state index is 0.0388. The number of nitrogens with one attached hydrogen (secondary N) is 2. The van der Waals surface area contributed by atoms with Gasteiger partial charge in [-0.3, -0.25) is 20.0 Å². The number of aromatic nitrogens is 3. The van der Waals surface area contributed by atoms with Crippen molar-refractivity contribution in [3.8, 4) is 11.4 Å². The van der Waals surface area contributed by atoms with Crippen LogP contribution >= 0.6 is 11.8 Å². The average Bonchev–Trinajstić information content (AvgIpc) is 3.11. The number of nitro groups is 1. The molecule has 9 heteroatoms. The molecule has 0 aliphatic rings. The van der Waals surface area contributed by atoms with Gasteiger partial charge < -0.3 is 5.32 Å². The number of aryl methyl sites for hydroxylation is 1. The lowest BCUT2D eigenvalue weighted by molar-refractivity contribution is -0.384. The van der Waals surface area contributed by atoms with Gasteiger partial charge in [0, 0.05) is 11.6 Å². The molecule has 0 unspecified atom stereocenters. The van der Waals surface area contributed by atoms with Crippen molar-refractivity contribution in [3.05, 3.63) is 64.2 Å². The number of rotatable bonds is 6. The molecule has 26 heavy (non-hydrogen) atoms. The molecule has 3 aromatic rings. The van der Waals surface area contributed by atoms with Crippen LogP contribution in [-0.4, -0.2) is 31.8 Å². The first-order valence-electron chi connectivity index (χ1n) is 7.68. The molecule has 0 atom stereocenters. The lowest BCUT2D eigenvalue weighted by atomic mass is 10.2. The molecule has 2 N–H and O–H groups in total. The third kappa shape index (κ3) is 4.25. The molecule has 8 nitrogen and oxygen atoms in total. The number of hydrogen-bond acceptors (Lipinski definition) is 6. The van der Waals surface area contributed by atoms with E-state index in [-0.39, 0.29) is 23.0 Å². The molecule has 1 aromatic heterocycles. The first-order chi connectivity index (χ1) is 12.5. The van der Waals surface area contributed by atoms with E-state index in [2.05, 4.69) is 20.5 Å². The number of anilines is 1. The summed E-state index contributed by atoms with van der Waals surface area (Å²) >= 11 is 1.15. The van der Waals surface area contributed by atoms with Crippen LogP contribution in [0.25, 0.3) is 11.4 Å². The monoisotopic (exact) mass is 369 g/mol. The number of H-pyrrole nitrogens is 1. The van der Waals surface area contributed by atoms with E-state index in [1.165, 1.54) is 12.1 Å². The largest absolute Gasteiger partial charge is 0.320 e. The highest BCUT2D eigenvalue weighted by Gasteiger charge is 2.16. The number of amides is 1. The Bertz CT molecular complexity index is 943. The van der Waals surface area contributed by atoms with Crippen molar-refractivity contribution in [1.29, 1.82) is 0 Å². The molecule has 0 bridgehead atoms. The smallest absolute Gasteiger partial charge is 0.293 e. The van der Waals surface area contributed by atoms with Crippen LogP contribution in [0.5, 0.6) is 0 Å². The Labute approximate surface area is 153 Å². The van der Waals surface area contributed by atoms with E-state index in [0.717, 1.165) is 22.9 Å². The Balaban J connectivity index is 1.62. The zero-order chi connectivity index (χ0) is 18.5. The van der Waals surface area contributed by atoms with Crippen LogP contribution in [0.1, 0.15) is 5.56 Å². The number of carbonyl (C=O) groups excluding carboxylic acids is 1. The molecule has 0 radical (unpaired) electrons. The number of nitrogens with zero attached hydrogens (tertiary/aromatic N) is 3. The molecule has 0 spiro atoms. The maximum atomic E-state index is 12.1. The fourth-order valence-corrected chi connectivity index (χ4v) is 2.85. The number of carbonyl (C=O) groups is 1. The van der Waals surface area contributed by atoms with Gasteiger partial charge in [-0.2, -0.15) is 0 Å². The molecule has 0 aliphatic heterocycles. The second-order valence-electron chi connectivity index (χ2n) is 5.45. The normalized spacial score (nSPS) is 10.5. The van der Waals surface area contributed by atoms with Crippen LogP contribution in [-0.2, 0) is 4.79 Å². The summed E-state index contributed by atoms with van der Waals surface area (Å²) in [4.78, 5) is 27.0. The first kappa shape index (κ1) is 17.6. The lowest BCUT2D eigenvalue weighted by Gasteiger charge is -2.05. The van der Waals surface area contributed by atoms with E-state index in [9.17, 15) is 14.9 Å². The van der Waals surface area contributed by atoms with Gasteiger partial charge in [0.25, 0.3) is 5.69 Å². The number of hydrogen-bond donors (Lipinski definition) is 2. The van der Waals surface area contributed by atoms with Gasteiger partial charge in [0.1, 0.15) is 5.69 Å². The van der Waals surface area contributed by atoms with Gasteiger partial charge in [0.05, 0.1) is 10.7 Å². The molecular weight excluding hydrogens is 354 g/mol. The van der Waals surface area contributed by atoms with Crippen molar-refractivity contribution >= 4 is 29.0 Å². The predicted octanol–water partition coefficient (Wildman–Crippen LogP) is 3.42. The minimum Gasteiger partial charge on any atom is -0.320 e. The van der Waals surface area contributed by atoms with Crippen molar-refractivity contribution in [2.75, 3.05) is 11.1 Å². The van der Waals surface area contributed by atoms with Crippen molar-refractivity contribution in [2.24, 2.45) is 0 Å². The Hall–Kier alpha value is -3.20. The second kappa shape index (κ2) is 7.79. The van der Waals surface area contributed by atoms with Crippen LogP contribution in [0.3, 0.4) is 0 Å². The third-order valence-electron chi connectivity index (χ3n) is 3.47. The van der Waals surface area contributed by atoms with Crippen molar-refractivity contribution in [3.63, 3.8) is 0 Å². The molecule has 2 aromatic carbocycles. The van der Waals surface area contributed by atoms with Crippen LogP contribution in [0.15, 0.2) is 53.7 Å². The summed E-state index contributed by atoms with van der Waals surface area (Å²) in [5.41, 5.74) is 1.68. The topological polar surface area (TPSA) is 114 Å². The maximum Gasteiger partial charge on any atom is 0.293 e. The average molecular weight is 369 g/mol. The van der Waals surface area contributed by atoms with Gasteiger partial charge in [-0.1, -0.05) is 48.2 Å². The number of thioether (sulfide) groups is 1. The molecule has 1 amide bonds. The number of benzene rings is 2. The molecule has 3 rings (SSSR count). The standard InChI is InChI=1S/C17H15N5O3S/c1-11-7-8-13(14(9-11)22(24)25)18-15(23)10-26-17-19-16(20-21-17)12-5-3-2-4-6-12/h2-9H,10H2,1H3,(H,18,23)(H,19,20,21). The Morgan fingerprint density at radius 3 is 2.77 bits per heavy atom. The van der Waals surface area contributed by atoms with Gasteiger partial charge in [-0.05, 0) is 18.6 Å². The highest BCUT2D eigenvalue weighted by molar-refractivity contribution is 7.99. The Kier molecular flexibility index (Phi) is 5.28. The van der Waals surface area contributed by atoms with E-state index in [1.54, 1.807) is 13.0 Å². The third-order valence-corrected chi connectivity index (χ3v) is 4.32. The van der Waals surface area contributed by atoms with Crippen molar-refractivity contribution < 1.29 is 9.72 Å². The van der Waals surface area contributed by atoms with Gasteiger partial charge in [0.15, 0.2) is 5.82 Å². The van der Waals surface area contributed by atoms with Gasteiger partial charge in [-0.25, -0.2) is 4.98 Å². The van der Waals surface area contributed by atoms with Gasteiger partial charge >= 0.3 is 0 Å². The van der Waals surface area contributed by atoms with Crippen molar-refractivity contribution in [2.45, 2.75) is 12.1 Å². The fourth-order valence-electron chi connectivity index (χ4n) is 2.25. The fraction of sp³-hybridized carbons (Fsp3) is 0.118. The minimum atomic E-state index is -0.517. The lowest BCUT2D eigenvalue weighted by Crippen LogP contribution is -2.15. The molecular formula is C17H15N5O3S. The van der Waals surface area contributed by atoms with E-state index < -0.39 is 4.92 Å². The Morgan fingerprint density at radius 2 is 2.04 bits per heavy atom. The van der Waals surface area contributed by atoms with Crippen LogP contribution < -0.4 is 5.32 Å². The summed E-state index contributed by atoms with van der Waals surface area (Å²) in [6, 6.07) is 14.2. The summed E-state index contributed by atoms with van der Waals surface area (Å²) in [7, 11) is 0. The summed E-state index contributed by atoms with van der Waals surface area (Å²) in [6.45, 7) is 1.75. The maximum absolute atomic E-state index is 12.1. The second-order valence-corrected chi connectivity index (χ2v) is 6.39. The summed E-state index contributed by atoms with van der Waals surface area (Å²) in [5.74, 6) is 0.285. The molecule has 0 saturated carbocycles. The SMILES string of the molecule is Cc1ccc(NC(=O)CSc2n[nH]c(-c3ccccc3)n2)c([N+](=O)[O-])c1. The number of aromatic amines is 1. The quantitative estimate of drug-likeness (QED) is 0.391. The summed E-state index contributed by atoms with van der Waals surface area (Å²) in [5, 5.41) is 21.0. The zero-order valence-corrected chi connectivity index (χ0v) is 14.6. The van der Waals surface area contributed by atoms with Crippen molar-refractivity contribution in [1.82, 2.24) is 15.2 Å². The molecule has 0 aliphatic carbocycles. The van der Waals surface area contributed by atoms with Gasteiger partial charge in [0.2, 0.25) is 11.1 Å². The predicted molar refractivity (Wildman–Crippen MR) is 99.0 cm³/mol. The summed E-state index contributed by atoms with van der Waals surface area (Å²) in [6.07, 6.45) is 0. The molecule has 0 fully saturated rings. The zero-order valence-electron chi connectivity index (χ0n) is 13.8. The van der Waals surface area contributed by atoms with E-state index in [0.29, 0.717) is 11.0 Å². The first-order valence-corrected chi connectivity index (χ1v) is 8.67. The van der Waals surface area contributed by atoms with Gasteiger partial charge in [-0.15, -0.1) is 5.10 Å². The van der Waals surface area contributed by atoms with Crippen LogP contribution in [0, 0.1) is 17.0 Å². The van der Waals surface area contributed by atoms with E-state index >= 15 is 0 Å². The van der Waals surface area contributed by atoms with E-state index in [1.807, 2.05) is 30.3 Å².